The van der Waals surface area contributed by atoms with E-state index in [2.05, 4.69) is 5.32 Å². The molecule has 0 fully saturated rings. The van der Waals surface area contributed by atoms with Crippen molar-refractivity contribution in [2.24, 2.45) is 0 Å². The van der Waals surface area contributed by atoms with Gasteiger partial charge in [0.1, 0.15) is 12.3 Å². The Morgan fingerprint density at radius 3 is 2.26 bits per heavy atom. The molecule has 0 radical (unpaired) electrons. The van der Waals surface area contributed by atoms with Gasteiger partial charge in [0.25, 0.3) is 10.0 Å². The van der Waals surface area contributed by atoms with E-state index in [0.717, 1.165) is 9.87 Å². The highest BCUT2D eigenvalue weighted by Crippen LogP contribution is 2.31. The average molecular weight is 459 g/mol. The summed E-state index contributed by atoms with van der Waals surface area (Å²) in [6.07, 6.45) is 0.645. The number of hydrogen-bond donors (Lipinski definition) is 1. The molecule has 0 heterocycles. The molecule has 8 heteroatoms. The Morgan fingerprint density at radius 2 is 1.65 bits per heavy atom. The third-order valence-electron chi connectivity index (χ3n) is 4.62. The van der Waals surface area contributed by atoms with Gasteiger partial charge in [-0.25, -0.2) is 8.42 Å². The molecule has 6 nitrogen and oxygen atoms in total. The first-order valence-corrected chi connectivity index (χ1v) is 11.5. The molecular weight excluding hydrogens is 436 g/mol. The molecule has 0 aliphatic rings. The van der Waals surface area contributed by atoms with Crippen LogP contribution >= 0.6 is 11.6 Å². The number of carbonyl (C=O) groups excluding carboxylic acids is 1. The lowest BCUT2D eigenvalue weighted by atomic mass is 10.1. The van der Waals surface area contributed by atoms with Gasteiger partial charge in [0, 0.05) is 6.54 Å². The van der Waals surface area contributed by atoms with Crippen molar-refractivity contribution in [3.63, 3.8) is 0 Å². The molecule has 162 valence electrons. The number of rotatable bonds is 9. The average Bonchev–Trinajstić information content (AvgIpc) is 2.78. The second-order valence-electron chi connectivity index (χ2n) is 6.73. The number of benzene rings is 3. The zero-order valence-electron chi connectivity index (χ0n) is 17.0. The number of methoxy groups -OCH3 is 1. The highest BCUT2D eigenvalue weighted by molar-refractivity contribution is 7.92. The zero-order valence-corrected chi connectivity index (χ0v) is 18.6. The van der Waals surface area contributed by atoms with Crippen LogP contribution in [-0.2, 0) is 21.2 Å². The first-order valence-electron chi connectivity index (χ1n) is 9.64. The van der Waals surface area contributed by atoms with Crippen LogP contribution in [0.15, 0.2) is 83.8 Å². The Hall–Kier alpha value is -3.03. The largest absolute Gasteiger partial charge is 0.495 e. The van der Waals surface area contributed by atoms with Crippen molar-refractivity contribution in [3.8, 4) is 5.75 Å². The van der Waals surface area contributed by atoms with E-state index in [0.29, 0.717) is 18.7 Å². The van der Waals surface area contributed by atoms with Crippen molar-refractivity contribution >= 4 is 33.2 Å². The van der Waals surface area contributed by atoms with Gasteiger partial charge in [-0.15, -0.1) is 0 Å². The molecule has 0 aliphatic carbocycles. The summed E-state index contributed by atoms with van der Waals surface area (Å²) < 4.78 is 32.8. The predicted molar refractivity (Wildman–Crippen MR) is 122 cm³/mol. The number of sulfonamides is 1. The van der Waals surface area contributed by atoms with Gasteiger partial charge in [-0.3, -0.25) is 9.10 Å². The summed E-state index contributed by atoms with van der Waals surface area (Å²) in [4.78, 5) is 12.7. The summed E-state index contributed by atoms with van der Waals surface area (Å²) in [5, 5.41) is 3.04. The first kappa shape index (κ1) is 22.7. The van der Waals surface area contributed by atoms with E-state index in [9.17, 15) is 13.2 Å². The maximum absolute atomic E-state index is 13.3. The fourth-order valence-corrected chi connectivity index (χ4v) is 4.71. The number of carbonyl (C=O) groups is 1. The highest BCUT2D eigenvalue weighted by Gasteiger charge is 2.27. The molecule has 0 aromatic heterocycles. The van der Waals surface area contributed by atoms with E-state index in [-0.39, 0.29) is 22.2 Å². The van der Waals surface area contributed by atoms with Crippen molar-refractivity contribution in [2.75, 3.05) is 24.5 Å². The van der Waals surface area contributed by atoms with Gasteiger partial charge < -0.3 is 10.1 Å². The van der Waals surface area contributed by atoms with Crippen LogP contribution in [0.2, 0.25) is 5.02 Å². The van der Waals surface area contributed by atoms with Crippen LogP contribution < -0.4 is 14.4 Å². The highest BCUT2D eigenvalue weighted by atomic mass is 35.5. The summed E-state index contributed by atoms with van der Waals surface area (Å²) in [6.45, 7) is 0.0140. The predicted octanol–water partition coefficient (Wildman–Crippen LogP) is 3.90. The molecule has 31 heavy (non-hydrogen) atoms. The molecule has 0 atom stereocenters. The molecule has 1 N–H and O–H groups in total. The molecule has 0 spiro atoms. The van der Waals surface area contributed by atoms with Crippen LogP contribution in [0, 0.1) is 0 Å². The number of anilines is 1. The minimum Gasteiger partial charge on any atom is -0.495 e. The standard InChI is InChI=1S/C23H23ClN2O4S/c1-30-22-13-12-19(16-21(22)24)26(31(28,29)20-10-6-3-7-11-20)17-23(27)25-15-14-18-8-4-2-5-9-18/h2-13,16H,14-15,17H2,1H3,(H,25,27). The lowest BCUT2D eigenvalue weighted by Crippen LogP contribution is -2.41. The molecule has 0 saturated carbocycles. The molecule has 3 aromatic carbocycles. The van der Waals surface area contributed by atoms with Gasteiger partial charge >= 0.3 is 0 Å². The van der Waals surface area contributed by atoms with Crippen LogP contribution in [0.3, 0.4) is 0 Å². The van der Waals surface area contributed by atoms with Crippen molar-refractivity contribution in [3.05, 3.63) is 89.4 Å². The van der Waals surface area contributed by atoms with E-state index >= 15 is 0 Å². The van der Waals surface area contributed by atoms with Gasteiger partial charge in [-0.1, -0.05) is 60.1 Å². The Labute approximate surface area is 187 Å². The summed E-state index contributed by atoms with van der Waals surface area (Å²) >= 11 is 6.21. The normalized spacial score (nSPS) is 11.0. The summed E-state index contributed by atoms with van der Waals surface area (Å²) in [7, 11) is -2.52. The molecular formula is C23H23ClN2O4S. The van der Waals surface area contributed by atoms with E-state index in [1.165, 1.54) is 25.3 Å². The number of amides is 1. The Morgan fingerprint density at radius 1 is 1.00 bits per heavy atom. The van der Waals surface area contributed by atoms with Gasteiger partial charge in [0.05, 0.1) is 22.7 Å². The van der Waals surface area contributed by atoms with Gasteiger partial charge in [-0.2, -0.15) is 0 Å². The van der Waals surface area contributed by atoms with Crippen LogP contribution in [0.5, 0.6) is 5.75 Å². The number of ether oxygens (including phenoxy) is 1. The number of halogens is 1. The third-order valence-corrected chi connectivity index (χ3v) is 6.70. The SMILES string of the molecule is COc1ccc(N(CC(=O)NCCc2ccccc2)S(=O)(=O)c2ccccc2)cc1Cl. The molecule has 3 rings (SSSR count). The summed E-state index contributed by atoms with van der Waals surface area (Å²) in [6, 6.07) is 22.3. The fraction of sp³-hybridized carbons (Fsp3) is 0.174. The Kier molecular flexibility index (Phi) is 7.55. The number of nitrogens with one attached hydrogen (secondary N) is 1. The van der Waals surface area contributed by atoms with E-state index in [1.807, 2.05) is 30.3 Å². The van der Waals surface area contributed by atoms with Crippen LogP contribution in [-0.4, -0.2) is 34.5 Å². The molecule has 0 bridgehead atoms. The Bertz CT molecular complexity index is 1120. The van der Waals surface area contributed by atoms with Crippen LogP contribution in [0.4, 0.5) is 5.69 Å². The molecule has 0 unspecified atom stereocenters. The molecule has 0 saturated heterocycles. The van der Waals surface area contributed by atoms with Gasteiger partial charge in [0.15, 0.2) is 0 Å². The van der Waals surface area contributed by atoms with Crippen molar-refractivity contribution in [2.45, 2.75) is 11.3 Å². The zero-order chi connectivity index (χ0) is 22.3. The van der Waals surface area contributed by atoms with Crippen molar-refractivity contribution in [1.82, 2.24) is 5.32 Å². The minimum atomic E-state index is -3.99. The second kappa shape index (κ2) is 10.3. The Balaban J connectivity index is 1.82. The molecule has 1 amide bonds. The number of hydrogen-bond acceptors (Lipinski definition) is 4. The minimum absolute atomic E-state index is 0.0824. The lowest BCUT2D eigenvalue weighted by Gasteiger charge is -2.24. The van der Waals surface area contributed by atoms with Gasteiger partial charge in [0.2, 0.25) is 5.91 Å². The quantitative estimate of drug-likeness (QED) is 0.527. The fourth-order valence-electron chi connectivity index (χ4n) is 3.02. The van der Waals surface area contributed by atoms with Crippen LogP contribution in [0.1, 0.15) is 5.56 Å². The monoisotopic (exact) mass is 458 g/mol. The number of nitrogens with zero attached hydrogens (tertiary/aromatic N) is 1. The van der Waals surface area contributed by atoms with Crippen molar-refractivity contribution < 1.29 is 17.9 Å². The second-order valence-corrected chi connectivity index (χ2v) is 9.00. The molecule has 0 aliphatic heterocycles. The molecule has 3 aromatic rings. The van der Waals surface area contributed by atoms with Gasteiger partial charge in [-0.05, 0) is 42.3 Å². The van der Waals surface area contributed by atoms with E-state index in [4.69, 9.17) is 16.3 Å². The maximum atomic E-state index is 13.3. The maximum Gasteiger partial charge on any atom is 0.264 e. The van der Waals surface area contributed by atoms with E-state index in [1.54, 1.807) is 30.3 Å². The van der Waals surface area contributed by atoms with Crippen molar-refractivity contribution in [1.29, 1.82) is 0 Å². The summed E-state index contributed by atoms with van der Waals surface area (Å²) in [5.74, 6) is -0.00262. The smallest absolute Gasteiger partial charge is 0.264 e. The van der Waals surface area contributed by atoms with Crippen LogP contribution in [0.25, 0.3) is 0 Å². The topological polar surface area (TPSA) is 75.7 Å². The van der Waals surface area contributed by atoms with E-state index < -0.39 is 15.9 Å². The lowest BCUT2D eigenvalue weighted by molar-refractivity contribution is -0.119. The first-order chi connectivity index (χ1) is 14.9. The third kappa shape index (κ3) is 5.77. The summed E-state index contributed by atoms with van der Waals surface area (Å²) in [5.41, 5.74) is 1.35.